The number of fused-ring (bicyclic) bond motifs is 1. The molecule has 1 aliphatic rings. The van der Waals surface area contributed by atoms with Gasteiger partial charge in [0.1, 0.15) is 17.0 Å². The van der Waals surface area contributed by atoms with Crippen molar-refractivity contribution in [3.05, 3.63) is 74.2 Å². The summed E-state index contributed by atoms with van der Waals surface area (Å²) < 4.78 is 1.57. The maximum atomic E-state index is 13.0. The van der Waals surface area contributed by atoms with E-state index in [2.05, 4.69) is 44.3 Å². The van der Waals surface area contributed by atoms with Crippen molar-refractivity contribution < 1.29 is 0 Å². The highest BCUT2D eigenvalue weighted by Crippen LogP contribution is 2.26. The molecule has 0 radical (unpaired) electrons. The molecule has 1 unspecified atom stereocenters. The lowest BCUT2D eigenvalue weighted by Gasteiger charge is -2.10. The molecule has 0 aromatic carbocycles. The van der Waals surface area contributed by atoms with E-state index in [1.54, 1.807) is 28.1 Å². The molecule has 144 valence electrons. The first-order valence-corrected chi connectivity index (χ1v) is 11.2. The minimum atomic E-state index is -0.0927. The smallest absolute Gasteiger partial charge is 0.268 e. The van der Waals surface area contributed by atoms with Crippen LogP contribution in [0.5, 0.6) is 0 Å². The van der Waals surface area contributed by atoms with Crippen LogP contribution in [0, 0.1) is 0 Å². The van der Waals surface area contributed by atoms with Crippen LogP contribution in [-0.4, -0.2) is 33.9 Å². The Hall–Kier alpha value is -2.38. The molecule has 1 atom stereocenters. The fraction of sp³-hybridized carbons (Fsp3) is 0.286. The van der Waals surface area contributed by atoms with E-state index in [0.717, 1.165) is 25.8 Å². The van der Waals surface area contributed by atoms with Gasteiger partial charge < -0.3 is 5.32 Å². The van der Waals surface area contributed by atoms with Crippen LogP contribution >= 0.6 is 23.1 Å². The molecule has 4 rings (SSSR count). The largest absolute Gasteiger partial charge is 0.369 e. The molecule has 0 bridgehead atoms. The Morgan fingerprint density at radius 2 is 2.29 bits per heavy atom. The van der Waals surface area contributed by atoms with Crippen LogP contribution in [0.4, 0.5) is 5.82 Å². The molecule has 0 aliphatic carbocycles. The van der Waals surface area contributed by atoms with Gasteiger partial charge in [0.2, 0.25) is 0 Å². The number of nitrogens with zero attached hydrogens (tertiary/aromatic N) is 3. The number of thiophene rings is 1. The first kappa shape index (κ1) is 19.0. The van der Waals surface area contributed by atoms with Crippen LogP contribution in [-0.2, 0) is 6.42 Å². The lowest BCUT2D eigenvalue weighted by molar-refractivity contribution is 0.788. The van der Waals surface area contributed by atoms with Gasteiger partial charge in [0.15, 0.2) is 0 Å². The van der Waals surface area contributed by atoms with Crippen LogP contribution in [0.15, 0.2) is 63.2 Å². The van der Waals surface area contributed by atoms with Crippen LogP contribution < -0.4 is 10.9 Å². The van der Waals surface area contributed by atoms with E-state index in [9.17, 15) is 4.79 Å². The zero-order valence-corrected chi connectivity index (χ0v) is 17.1. The summed E-state index contributed by atoms with van der Waals surface area (Å²) in [6.07, 6.45) is 8.66. The third kappa shape index (κ3) is 4.54. The quantitative estimate of drug-likeness (QED) is 0.565. The van der Waals surface area contributed by atoms with E-state index in [-0.39, 0.29) is 5.56 Å². The second kappa shape index (κ2) is 9.21. The van der Waals surface area contributed by atoms with Crippen molar-refractivity contribution in [3.63, 3.8) is 0 Å². The normalized spacial score (nSPS) is 16.4. The second-order valence-corrected chi connectivity index (χ2v) is 8.80. The van der Waals surface area contributed by atoms with Gasteiger partial charge in [-0.2, -0.15) is 0 Å². The molecule has 0 saturated carbocycles. The molecule has 1 N–H and O–H groups in total. The average molecular weight is 411 g/mol. The summed E-state index contributed by atoms with van der Waals surface area (Å²) in [7, 11) is 0. The maximum Gasteiger partial charge on any atom is 0.268 e. The van der Waals surface area contributed by atoms with Gasteiger partial charge in [0.25, 0.3) is 5.56 Å². The van der Waals surface area contributed by atoms with Crippen molar-refractivity contribution >= 4 is 40.8 Å². The van der Waals surface area contributed by atoms with Crippen LogP contribution in [0.3, 0.4) is 0 Å². The molecule has 0 amide bonds. The van der Waals surface area contributed by atoms with E-state index in [1.165, 1.54) is 4.88 Å². The molecule has 28 heavy (non-hydrogen) atoms. The van der Waals surface area contributed by atoms with Gasteiger partial charge in [-0.25, -0.2) is 4.98 Å². The molecule has 0 saturated heterocycles. The van der Waals surface area contributed by atoms with Gasteiger partial charge in [0, 0.05) is 35.6 Å². The molecule has 3 aromatic rings. The number of aromatic nitrogens is 2. The maximum absolute atomic E-state index is 13.0. The summed E-state index contributed by atoms with van der Waals surface area (Å²) in [5.74, 6) is 0.605. The van der Waals surface area contributed by atoms with Gasteiger partial charge in [-0.3, -0.25) is 14.2 Å². The monoisotopic (exact) mass is 410 g/mol. The number of anilines is 1. The summed E-state index contributed by atoms with van der Waals surface area (Å²) >= 11 is 3.60. The zero-order chi connectivity index (χ0) is 19.2. The van der Waals surface area contributed by atoms with Crippen LogP contribution in [0.2, 0.25) is 0 Å². The van der Waals surface area contributed by atoms with Crippen molar-refractivity contribution in [2.75, 3.05) is 18.4 Å². The highest BCUT2D eigenvalue weighted by molar-refractivity contribution is 8.03. The van der Waals surface area contributed by atoms with Crippen molar-refractivity contribution in [3.8, 4) is 0 Å². The summed E-state index contributed by atoms with van der Waals surface area (Å²) in [5.41, 5.74) is 1.06. The summed E-state index contributed by atoms with van der Waals surface area (Å²) in [4.78, 5) is 23.5. The molecule has 0 fully saturated rings. The van der Waals surface area contributed by atoms with Gasteiger partial charge in [-0.1, -0.05) is 18.2 Å². The number of pyridine rings is 1. The molecule has 7 heteroatoms. The fourth-order valence-electron chi connectivity index (χ4n) is 3.10. The number of hydrogen-bond acceptors (Lipinski definition) is 6. The minimum absolute atomic E-state index is 0.0927. The van der Waals surface area contributed by atoms with Crippen LogP contribution in [0.1, 0.15) is 23.3 Å². The number of rotatable bonds is 8. The topological polar surface area (TPSA) is 58.8 Å². The Kier molecular flexibility index (Phi) is 6.24. The van der Waals surface area contributed by atoms with Crippen molar-refractivity contribution in [2.24, 2.45) is 4.99 Å². The molecule has 1 aliphatic heterocycles. The first-order valence-electron chi connectivity index (χ1n) is 9.39. The molecule has 0 spiro atoms. The van der Waals surface area contributed by atoms with Gasteiger partial charge >= 0.3 is 0 Å². The summed E-state index contributed by atoms with van der Waals surface area (Å²) in [6.45, 7) is 1.44. The number of nitrogens with one attached hydrogen (secondary N) is 1. The van der Waals surface area contributed by atoms with Gasteiger partial charge in [-0.05, 0) is 48.2 Å². The Morgan fingerprint density at radius 3 is 3.11 bits per heavy atom. The lowest BCUT2D eigenvalue weighted by Crippen LogP contribution is -2.23. The van der Waals surface area contributed by atoms with Gasteiger partial charge in [0.05, 0.1) is 0 Å². The third-order valence-electron chi connectivity index (χ3n) is 4.58. The van der Waals surface area contributed by atoms with E-state index in [1.807, 2.05) is 30.0 Å². The van der Waals surface area contributed by atoms with Crippen molar-refractivity contribution in [1.82, 2.24) is 9.38 Å². The minimum Gasteiger partial charge on any atom is -0.369 e. The van der Waals surface area contributed by atoms with Gasteiger partial charge in [-0.15, -0.1) is 23.1 Å². The summed E-state index contributed by atoms with van der Waals surface area (Å²) in [6, 6.07) is 9.74. The SMILES string of the molecule is O=c1c(/C=N/CCC2CC=CS2)c(NCCc2cccs2)nc2ccccn12. The highest BCUT2D eigenvalue weighted by Gasteiger charge is 2.12. The molecule has 3 aromatic heterocycles. The predicted molar refractivity (Wildman–Crippen MR) is 120 cm³/mol. The predicted octanol–water partition coefficient (Wildman–Crippen LogP) is 4.24. The second-order valence-electron chi connectivity index (χ2n) is 6.55. The van der Waals surface area contributed by atoms with Crippen molar-refractivity contribution in [2.45, 2.75) is 24.5 Å². The van der Waals surface area contributed by atoms with Crippen molar-refractivity contribution in [1.29, 1.82) is 0 Å². The number of aliphatic imine (C=N–C) groups is 1. The highest BCUT2D eigenvalue weighted by atomic mass is 32.2. The van der Waals surface area contributed by atoms with E-state index < -0.39 is 0 Å². The molecule has 4 heterocycles. The fourth-order valence-corrected chi connectivity index (χ4v) is 4.72. The number of hydrogen-bond donors (Lipinski definition) is 1. The Bertz CT molecular complexity index is 1030. The van der Waals surface area contributed by atoms with E-state index in [4.69, 9.17) is 0 Å². The molecular formula is C21H22N4OS2. The Labute approximate surface area is 172 Å². The molecule has 5 nitrogen and oxygen atoms in total. The average Bonchev–Trinajstić information content (AvgIpc) is 3.41. The standard InChI is InChI=1S/C21H22N4OS2/c26-21-18(15-22-10-8-16-5-3-13-27-16)20(23-11-9-17-6-4-14-28-17)24-19-7-1-2-12-25(19)21/h1-4,6-7,12-16,23H,5,8-11H2/b22-15+. The zero-order valence-electron chi connectivity index (χ0n) is 15.5. The van der Waals surface area contributed by atoms with E-state index in [0.29, 0.717) is 28.8 Å². The first-order chi connectivity index (χ1) is 13.8. The molecular weight excluding hydrogens is 388 g/mol. The van der Waals surface area contributed by atoms with E-state index >= 15 is 0 Å². The summed E-state index contributed by atoms with van der Waals surface area (Å²) in [5, 5.41) is 8.18. The lowest BCUT2D eigenvalue weighted by atomic mass is 10.2. The number of thioether (sulfide) groups is 1. The Balaban J connectivity index is 1.52. The third-order valence-corrected chi connectivity index (χ3v) is 6.68. The number of allylic oxidation sites excluding steroid dienone is 1. The van der Waals surface area contributed by atoms with Crippen LogP contribution in [0.25, 0.3) is 5.65 Å². The Morgan fingerprint density at radius 1 is 1.32 bits per heavy atom.